The van der Waals surface area contributed by atoms with Crippen molar-refractivity contribution < 1.29 is 40.3 Å². The lowest BCUT2D eigenvalue weighted by Crippen LogP contribution is -2.28. The first-order chi connectivity index (χ1) is 18.3. The Morgan fingerprint density at radius 3 is 2.20 bits per heavy atom. The topological polar surface area (TPSA) is 105 Å². The maximum absolute atomic E-state index is 13.9. The second-order valence-corrected chi connectivity index (χ2v) is 10.2. The minimum Gasteiger partial charge on any atom is -0.352 e. The van der Waals surface area contributed by atoms with Gasteiger partial charge in [0.05, 0.1) is 35.6 Å². The van der Waals surface area contributed by atoms with Crippen LogP contribution < -0.4 is 10.6 Å². The molecule has 222 valence electrons. The van der Waals surface area contributed by atoms with Gasteiger partial charge in [-0.2, -0.15) is 31.4 Å². The van der Waals surface area contributed by atoms with Crippen molar-refractivity contribution in [1.29, 1.82) is 0 Å². The lowest BCUT2D eigenvalue weighted by Gasteiger charge is -2.21. The Balaban J connectivity index is 0.000000611. The fourth-order valence-electron chi connectivity index (χ4n) is 3.04. The molecule has 0 radical (unpaired) electrons. The van der Waals surface area contributed by atoms with Gasteiger partial charge in [0.25, 0.3) is 5.91 Å². The monoisotopic (exact) mass is 580 g/mol. The van der Waals surface area contributed by atoms with Crippen LogP contribution >= 0.6 is 0 Å². The number of aromatic nitrogens is 4. The molecule has 2 aromatic heterocycles. The van der Waals surface area contributed by atoms with E-state index in [1.54, 1.807) is 32.0 Å². The average molecular weight is 581 g/mol. The number of fused-ring (bicyclic) bond motifs is 1. The van der Waals surface area contributed by atoms with Crippen LogP contribution in [0.5, 0.6) is 0 Å². The molecule has 8 nitrogen and oxygen atoms in total. The highest BCUT2D eigenvalue weighted by Gasteiger charge is 2.42. The van der Waals surface area contributed by atoms with Crippen LogP contribution in [0.3, 0.4) is 0 Å². The van der Waals surface area contributed by atoms with E-state index in [2.05, 4.69) is 25.7 Å². The molecule has 0 aliphatic heterocycles. The zero-order valence-electron chi connectivity index (χ0n) is 22.5. The van der Waals surface area contributed by atoms with Gasteiger partial charge in [-0.15, -0.1) is 0 Å². The van der Waals surface area contributed by atoms with E-state index >= 15 is 0 Å². The Morgan fingerprint density at radius 1 is 1.02 bits per heavy atom. The molecule has 0 saturated heterocycles. The molecule has 0 saturated carbocycles. The van der Waals surface area contributed by atoms with Gasteiger partial charge in [-0.05, 0) is 31.5 Å². The summed E-state index contributed by atoms with van der Waals surface area (Å²) in [5, 5.41) is 8.90. The van der Waals surface area contributed by atoms with Gasteiger partial charge in [0.2, 0.25) is 5.91 Å². The Kier molecular flexibility index (Phi) is 10.3. The second kappa shape index (κ2) is 12.7. The zero-order valence-corrected chi connectivity index (χ0v) is 22.5. The summed E-state index contributed by atoms with van der Waals surface area (Å²) in [6.45, 7) is 7.07. The minimum atomic E-state index is -4.38. The molecular weight excluding hydrogens is 549 g/mol. The van der Waals surface area contributed by atoms with Crippen molar-refractivity contribution in [3.05, 3.63) is 47.3 Å². The lowest BCUT2D eigenvalue weighted by atomic mass is 9.96. The van der Waals surface area contributed by atoms with E-state index in [4.69, 9.17) is 0 Å². The van der Waals surface area contributed by atoms with Gasteiger partial charge in [-0.25, -0.2) is 9.37 Å². The van der Waals surface area contributed by atoms with Gasteiger partial charge >= 0.3 is 12.4 Å². The summed E-state index contributed by atoms with van der Waals surface area (Å²) >= 11 is 0. The minimum absolute atomic E-state index is 0.0136. The van der Waals surface area contributed by atoms with Crippen molar-refractivity contribution in [2.75, 3.05) is 0 Å². The van der Waals surface area contributed by atoms with Crippen LogP contribution in [0.1, 0.15) is 75.4 Å². The van der Waals surface area contributed by atoms with Crippen LogP contribution in [0.25, 0.3) is 11.0 Å². The molecule has 0 aliphatic carbocycles. The molecule has 3 rings (SSSR count). The number of aromatic amines is 1. The first kappa shape index (κ1) is 32.6. The summed E-state index contributed by atoms with van der Waals surface area (Å²) in [6, 6.07) is 4.87. The lowest BCUT2D eigenvalue weighted by molar-refractivity contribution is -0.204. The van der Waals surface area contributed by atoms with Gasteiger partial charge < -0.3 is 15.6 Å². The smallest absolute Gasteiger partial charge is 0.352 e. The van der Waals surface area contributed by atoms with E-state index in [9.17, 15) is 40.3 Å². The van der Waals surface area contributed by atoms with Crippen molar-refractivity contribution in [3.63, 3.8) is 0 Å². The molecular formula is C25H31F7N6O2. The van der Waals surface area contributed by atoms with Gasteiger partial charge in [0.15, 0.2) is 11.5 Å². The Labute approximate surface area is 225 Å². The Hall–Kier alpha value is -3.65. The highest BCUT2D eigenvalue weighted by molar-refractivity contribution is 5.92. The molecule has 2 heterocycles. The largest absolute Gasteiger partial charge is 0.393 e. The van der Waals surface area contributed by atoms with Crippen molar-refractivity contribution in [1.82, 2.24) is 30.4 Å². The number of benzene rings is 1. The van der Waals surface area contributed by atoms with Gasteiger partial charge in [0.1, 0.15) is 5.82 Å². The van der Waals surface area contributed by atoms with Crippen molar-refractivity contribution in [3.8, 4) is 0 Å². The van der Waals surface area contributed by atoms with Gasteiger partial charge in [-0.3, -0.25) is 14.3 Å². The fourth-order valence-corrected chi connectivity index (χ4v) is 3.04. The molecule has 0 atom stereocenters. The van der Waals surface area contributed by atoms with E-state index in [0.29, 0.717) is 22.4 Å². The van der Waals surface area contributed by atoms with Crippen LogP contribution in [-0.2, 0) is 17.9 Å². The molecule has 2 amide bonds. The van der Waals surface area contributed by atoms with Crippen LogP contribution in [0.15, 0.2) is 24.4 Å². The maximum Gasteiger partial charge on any atom is 0.393 e. The molecule has 3 N–H and O–H groups in total. The molecule has 1 aromatic carbocycles. The number of hydrogen-bond acceptors (Lipinski definition) is 4. The summed E-state index contributed by atoms with van der Waals surface area (Å²) < 4.78 is 86.5. The number of nitrogens with zero attached hydrogens (tertiary/aromatic N) is 3. The number of halogens is 7. The number of carbonyl (C=O) groups is 2. The van der Waals surface area contributed by atoms with Crippen LogP contribution in [-0.4, -0.2) is 43.9 Å². The third kappa shape index (κ3) is 9.52. The quantitative estimate of drug-likeness (QED) is 0.286. The third-order valence-corrected chi connectivity index (χ3v) is 5.44. The molecule has 0 spiro atoms. The molecule has 40 heavy (non-hydrogen) atoms. The SMILES string of the molecule is CC(C)(C)C(F)(F)F.CC(C)n1ncc(F)c1C(=O)NCc1nc2ccc(CNC(=O)CCC(F)(F)F)cc2[nH]1. The summed E-state index contributed by atoms with van der Waals surface area (Å²) in [4.78, 5) is 31.3. The van der Waals surface area contributed by atoms with E-state index < -0.39 is 48.2 Å². The molecule has 0 aliphatic rings. The van der Waals surface area contributed by atoms with Crippen molar-refractivity contribution >= 4 is 22.8 Å². The highest BCUT2D eigenvalue weighted by Crippen LogP contribution is 2.36. The maximum atomic E-state index is 13.9. The molecule has 0 bridgehead atoms. The summed E-state index contributed by atoms with van der Waals surface area (Å²) in [5.74, 6) is -1.61. The first-order valence-corrected chi connectivity index (χ1v) is 12.2. The standard InChI is InChI=1S/C20H22F4N6O2.C5H9F3/c1-11(2)30-18(13(21)9-27-30)19(32)26-10-16-28-14-4-3-12(7-15(14)29-16)8-25-17(31)5-6-20(22,23)24;1-4(2,3)5(6,7)8/h3-4,7,9,11H,5-6,8,10H2,1-2H3,(H,25,31)(H,26,32)(H,28,29);1-3H3. The number of imidazole rings is 1. The van der Waals surface area contributed by atoms with E-state index in [1.807, 2.05) is 0 Å². The highest BCUT2D eigenvalue weighted by atomic mass is 19.4. The van der Waals surface area contributed by atoms with Gasteiger partial charge in [-0.1, -0.05) is 26.8 Å². The van der Waals surface area contributed by atoms with Crippen LogP contribution in [0.2, 0.25) is 0 Å². The number of amides is 2. The number of hydrogen-bond donors (Lipinski definition) is 3. The summed E-state index contributed by atoms with van der Waals surface area (Å²) in [6.07, 6.45) is -9.25. The summed E-state index contributed by atoms with van der Waals surface area (Å²) in [5.41, 5.74) is 0.154. The average Bonchev–Trinajstić information content (AvgIpc) is 3.41. The number of carbonyl (C=O) groups excluding carboxylic acids is 2. The van der Waals surface area contributed by atoms with Crippen molar-refractivity contribution in [2.24, 2.45) is 5.41 Å². The number of nitrogens with one attached hydrogen (secondary N) is 3. The van der Waals surface area contributed by atoms with Crippen molar-refractivity contribution in [2.45, 2.75) is 78.9 Å². The predicted molar refractivity (Wildman–Crippen MR) is 132 cm³/mol. The molecule has 0 unspecified atom stereocenters. The summed E-state index contributed by atoms with van der Waals surface area (Å²) in [7, 11) is 0. The normalized spacial score (nSPS) is 12.3. The molecule has 15 heteroatoms. The fraction of sp³-hybridized carbons (Fsp3) is 0.520. The van der Waals surface area contributed by atoms with E-state index in [-0.39, 0.29) is 24.8 Å². The Morgan fingerprint density at radius 2 is 1.65 bits per heavy atom. The number of alkyl halides is 6. The number of rotatable bonds is 8. The molecule has 3 aromatic rings. The van der Waals surface area contributed by atoms with E-state index in [1.165, 1.54) is 4.68 Å². The van der Waals surface area contributed by atoms with Crippen LogP contribution in [0.4, 0.5) is 30.7 Å². The zero-order chi connectivity index (χ0) is 30.5. The number of H-pyrrole nitrogens is 1. The second-order valence-electron chi connectivity index (χ2n) is 10.2. The Bertz CT molecular complexity index is 1290. The first-order valence-electron chi connectivity index (χ1n) is 12.2. The predicted octanol–water partition coefficient (Wildman–Crippen LogP) is 5.96. The van der Waals surface area contributed by atoms with Gasteiger partial charge in [0, 0.05) is 19.0 Å². The third-order valence-electron chi connectivity index (χ3n) is 5.44. The molecule has 0 fully saturated rings. The van der Waals surface area contributed by atoms with E-state index in [0.717, 1.165) is 27.0 Å². The van der Waals surface area contributed by atoms with Crippen LogP contribution in [0, 0.1) is 11.2 Å².